The van der Waals surface area contributed by atoms with Crippen molar-refractivity contribution in [2.45, 2.75) is 170 Å². The minimum atomic E-state index is -1.09. The SMILES string of the molecule is CC.CCC.CCC(C)(C)CC(=O)N1C=CC(C)(C)C(NC(=O)NC(C(=O)N2CCCC2C(=O)NC(CC2CC2)C(=O)C(N)=O)C2CCCCC2)C1. The van der Waals surface area contributed by atoms with Gasteiger partial charge in [0.1, 0.15) is 12.1 Å². The Morgan fingerprint density at radius 3 is 2.08 bits per heavy atom. The fraction of sp³-hybridized carbons (Fsp3) is 0.800. The van der Waals surface area contributed by atoms with Gasteiger partial charge in [0.2, 0.25) is 23.5 Å². The van der Waals surface area contributed by atoms with Crippen LogP contribution in [0.15, 0.2) is 12.3 Å². The fourth-order valence-electron chi connectivity index (χ4n) is 6.97. The number of carbonyl (C=O) groups excluding carboxylic acids is 6. The maximum absolute atomic E-state index is 14.2. The number of nitrogens with zero attached hydrogens (tertiary/aromatic N) is 2. The van der Waals surface area contributed by atoms with E-state index in [1.807, 2.05) is 40.0 Å². The van der Waals surface area contributed by atoms with E-state index in [2.05, 4.69) is 50.6 Å². The van der Waals surface area contributed by atoms with Crippen molar-refractivity contribution in [2.75, 3.05) is 13.1 Å². The quantitative estimate of drug-likeness (QED) is 0.180. The molecule has 4 aliphatic rings. The van der Waals surface area contributed by atoms with Crippen molar-refractivity contribution in [3.63, 3.8) is 0 Å². The third kappa shape index (κ3) is 13.2. The summed E-state index contributed by atoms with van der Waals surface area (Å²) in [5.74, 6) is -2.52. The topological polar surface area (TPSA) is 171 Å². The number of hydrogen-bond donors (Lipinski definition) is 4. The van der Waals surface area contributed by atoms with Gasteiger partial charge in [0.25, 0.3) is 5.91 Å². The Bertz CT molecular complexity index is 1250. The monoisotopic (exact) mass is 731 g/mol. The molecule has 0 aromatic carbocycles. The highest BCUT2D eigenvalue weighted by Crippen LogP contribution is 2.34. The first-order chi connectivity index (χ1) is 24.5. The fourth-order valence-corrected chi connectivity index (χ4v) is 6.97. The molecule has 0 aromatic rings. The number of carbonyl (C=O) groups is 6. The van der Waals surface area contributed by atoms with Crippen LogP contribution in [0.3, 0.4) is 0 Å². The van der Waals surface area contributed by atoms with Crippen molar-refractivity contribution < 1.29 is 28.8 Å². The molecule has 2 heterocycles. The van der Waals surface area contributed by atoms with Gasteiger partial charge in [-0.1, -0.05) is 113 Å². The van der Waals surface area contributed by atoms with Gasteiger partial charge in [0.05, 0.1) is 12.1 Å². The predicted molar refractivity (Wildman–Crippen MR) is 205 cm³/mol. The van der Waals surface area contributed by atoms with Crippen molar-refractivity contribution in [1.29, 1.82) is 0 Å². The van der Waals surface area contributed by atoms with Gasteiger partial charge >= 0.3 is 6.03 Å². The highest BCUT2D eigenvalue weighted by molar-refractivity contribution is 6.37. The molecule has 0 bridgehead atoms. The summed E-state index contributed by atoms with van der Waals surface area (Å²) in [6.45, 7) is 19.1. The van der Waals surface area contributed by atoms with Crippen molar-refractivity contribution >= 4 is 35.4 Å². The third-order valence-electron chi connectivity index (χ3n) is 10.8. The van der Waals surface area contributed by atoms with E-state index in [4.69, 9.17) is 5.73 Å². The molecule has 3 fully saturated rings. The molecule has 6 amide bonds. The van der Waals surface area contributed by atoms with E-state index in [9.17, 15) is 28.8 Å². The van der Waals surface area contributed by atoms with Crippen LogP contribution < -0.4 is 21.7 Å². The number of ketones is 1. The molecule has 12 heteroatoms. The van der Waals surface area contributed by atoms with Crippen molar-refractivity contribution in [2.24, 2.45) is 28.4 Å². The first kappa shape index (κ1) is 44.7. The highest BCUT2D eigenvalue weighted by atomic mass is 16.2. The molecule has 2 aliphatic heterocycles. The minimum Gasteiger partial charge on any atom is -0.363 e. The zero-order chi connectivity index (χ0) is 39.2. The number of urea groups is 1. The van der Waals surface area contributed by atoms with Crippen LogP contribution in [0.1, 0.15) is 146 Å². The molecule has 12 nitrogen and oxygen atoms in total. The lowest BCUT2D eigenvalue weighted by Crippen LogP contribution is -2.61. The molecule has 296 valence electrons. The van der Waals surface area contributed by atoms with E-state index in [0.29, 0.717) is 38.8 Å². The molecule has 52 heavy (non-hydrogen) atoms. The lowest BCUT2D eigenvalue weighted by Gasteiger charge is -2.41. The summed E-state index contributed by atoms with van der Waals surface area (Å²) in [5, 5.41) is 8.79. The summed E-state index contributed by atoms with van der Waals surface area (Å²) in [6, 6.07) is -3.52. The number of nitrogens with two attached hydrogens (primary N) is 1. The molecule has 2 aliphatic carbocycles. The predicted octanol–water partition coefficient (Wildman–Crippen LogP) is 5.58. The number of nitrogens with one attached hydrogen (secondary N) is 3. The van der Waals surface area contributed by atoms with Gasteiger partial charge in [0, 0.05) is 31.1 Å². The summed E-state index contributed by atoms with van der Waals surface area (Å²) < 4.78 is 0. The summed E-state index contributed by atoms with van der Waals surface area (Å²) in [7, 11) is 0. The number of amides is 6. The first-order valence-corrected chi connectivity index (χ1v) is 20.0. The Morgan fingerprint density at radius 2 is 1.52 bits per heavy atom. The number of likely N-dealkylation sites (tertiary alicyclic amines) is 1. The second-order valence-electron chi connectivity index (χ2n) is 16.3. The summed E-state index contributed by atoms with van der Waals surface area (Å²) in [5.41, 5.74) is 4.70. The Balaban J connectivity index is 0.00000178. The van der Waals surface area contributed by atoms with Gasteiger partial charge < -0.3 is 31.5 Å². The number of Topliss-reactive ketones (excluding diaryl/α,β-unsaturated/α-hetero) is 1. The minimum absolute atomic E-state index is 0.00122. The lowest BCUT2D eigenvalue weighted by molar-refractivity contribution is -0.143. The molecular weight excluding hydrogens is 660 g/mol. The Morgan fingerprint density at radius 1 is 0.904 bits per heavy atom. The second kappa shape index (κ2) is 20.7. The van der Waals surface area contributed by atoms with E-state index in [1.54, 1.807) is 4.90 Å². The Kier molecular flexibility index (Phi) is 17.8. The first-order valence-electron chi connectivity index (χ1n) is 20.0. The molecule has 0 aromatic heterocycles. The van der Waals surface area contributed by atoms with Crippen LogP contribution in [-0.4, -0.2) is 82.5 Å². The van der Waals surface area contributed by atoms with Gasteiger partial charge in [-0.05, 0) is 49.4 Å². The molecule has 5 N–H and O–H groups in total. The largest absolute Gasteiger partial charge is 0.363 e. The molecule has 4 atom stereocenters. The number of rotatable bonds is 13. The molecule has 4 rings (SSSR count). The summed E-state index contributed by atoms with van der Waals surface area (Å²) in [4.78, 5) is 81.9. The number of primary amides is 1. The van der Waals surface area contributed by atoms with Crippen molar-refractivity contribution in [3.8, 4) is 0 Å². The van der Waals surface area contributed by atoms with Crippen LogP contribution in [0.4, 0.5) is 4.79 Å². The van der Waals surface area contributed by atoms with Gasteiger partial charge in [-0.2, -0.15) is 0 Å². The Labute approximate surface area is 313 Å². The molecule has 1 saturated heterocycles. The molecule has 0 spiro atoms. The van der Waals surface area contributed by atoms with E-state index in [1.165, 1.54) is 11.3 Å². The summed E-state index contributed by atoms with van der Waals surface area (Å²) in [6.07, 6.45) is 14.0. The van der Waals surface area contributed by atoms with Crippen LogP contribution in [0.5, 0.6) is 0 Å². The van der Waals surface area contributed by atoms with Crippen LogP contribution in [0, 0.1) is 22.7 Å². The molecular formula is C40H70N6O6. The van der Waals surface area contributed by atoms with Gasteiger partial charge in [0.15, 0.2) is 0 Å². The van der Waals surface area contributed by atoms with Crippen LogP contribution in [0.2, 0.25) is 0 Å². The summed E-state index contributed by atoms with van der Waals surface area (Å²) >= 11 is 0. The van der Waals surface area contributed by atoms with Crippen molar-refractivity contribution in [3.05, 3.63) is 12.3 Å². The third-order valence-corrected chi connectivity index (χ3v) is 10.8. The molecule has 4 unspecified atom stereocenters. The van der Waals surface area contributed by atoms with Gasteiger partial charge in [-0.3, -0.25) is 24.0 Å². The van der Waals surface area contributed by atoms with E-state index >= 15 is 0 Å². The van der Waals surface area contributed by atoms with E-state index in [0.717, 1.165) is 51.4 Å². The maximum Gasteiger partial charge on any atom is 0.315 e. The number of hydrogen-bond acceptors (Lipinski definition) is 6. The zero-order valence-electron chi connectivity index (χ0n) is 33.6. The average molecular weight is 731 g/mol. The Hall–Kier alpha value is -3.44. The van der Waals surface area contributed by atoms with E-state index in [-0.39, 0.29) is 35.1 Å². The maximum atomic E-state index is 14.2. The average Bonchev–Trinajstić information content (AvgIpc) is 3.79. The highest BCUT2D eigenvalue weighted by Gasteiger charge is 2.43. The van der Waals surface area contributed by atoms with Crippen LogP contribution >= 0.6 is 0 Å². The van der Waals surface area contributed by atoms with Crippen molar-refractivity contribution in [1.82, 2.24) is 25.8 Å². The van der Waals surface area contributed by atoms with Gasteiger partial charge in [-0.25, -0.2) is 4.79 Å². The molecule has 2 saturated carbocycles. The zero-order valence-corrected chi connectivity index (χ0v) is 33.6. The second-order valence-corrected chi connectivity index (χ2v) is 16.3. The van der Waals surface area contributed by atoms with Crippen LogP contribution in [0.25, 0.3) is 0 Å². The van der Waals surface area contributed by atoms with Crippen LogP contribution in [-0.2, 0) is 24.0 Å². The standard InChI is InChI=1S/C35H56N6O6.C3H8.C2H6/c1-6-34(2,3)20-27(42)40-18-16-35(4,5)26(21-40)38-33(47)39-28(23-11-8-7-9-12-23)32(46)41-17-10-13-25(41)31(45)37-24(19-22-14-15-22)29(43)30(36)44;1-3-2;1-2/h16,18,22-26,28H,6-15,17,19-21H2,1-5H3,(H2,36,44)(H,37,45)(H2,38,39,47);3H2,1-2H3;1-2H3. The normalized spacial score (nSPS) is 22.4. The van der Waals surface area contributed by atoms with E-state index < -0.39 is 47.2 Å². The van der Waals surface area contributed by atoms with Gasteiger partial charge in [-0.15, -0.1) is 0 Å². The molecule has 0 radical (unpaired) electrons. The lowest BCUT2D eigenvalue weighted by atomic mass is 9.81. The smallest absolute Gasteiger partial charge is 0.315 e.